The maximum Gasteiger partial charge on any atom is 0.123 e. The normalized spacial score (nSPS) is 17.2. The summed E-state index contributed by atoms with van der Waals surface area (Å²) >= 11 is 0. The summed E-state index contributed by atoms with van der Waals surface area (Å²) < 4.78 is 26.4. The topological polar surface area (TPSA) is 47.3 Å². The lowest BCUT2D eigenvalue weighted by atomic mass is 9.87. The predicted molar refractivity (Wildman–Crippen MR) is 90.5 cm³/mol. The first-order chi connectivity index (χ1) is 12.1. The Bertz CT molecular complexity index is 762. The first kappa shape index (κ1) is 17.5. The Balaban J connectivity index is 1.60. The maximum atomic E-state index is 13.4. The third-order valence-corrected chi connectivity index (χ3v) is 4.87. The van der Waals surface area contributed by atoms with Crippen molar-refractivity contribution in [2.75, 3.05) is 13.1 Å². The minimum Gasteiger partial charge on any atom is -0.388 e. The summed E-state index contributed by atoms with van der Waals surface area (Å²) in [4.78, 5) is 2.17. The van der Waals surface area contributed by atoms with E-state index in [1.165, 1.54) is 30.3 Å². The minimum absolute atomic E-state index is 0.115. The van der Waals surface area contributed by atoms with E-state index in [-0.39, 0.29) is 17.6 Å². The van der Waals surface area contributed by atoms with E-state index in [2.05, 4.69) is 11.0 Å². The van der Waals surface area contributed by atoms with Crippen molar-refractivity contribution in [2.45, 2.75) is 25.5 Å². The smallest absolute Gasteiger partial charge is 0.123 e. The van der Waals surface area contributed by atoms with Gasteiger partial charge in [0.15, 0.2) is 0 Å². The van der Waals surface area contributed by atoms with Crippen LogP contribution in [0, 0.1) is 28.9 Å². The van der Waals surface area contributed by atoms with Crippen LogP contribution in [0.5, 0.6) is 0 Å². The molecular weight excluding hydrogens is 322 g/mol. The van der Waals surface area contributed by atoms with Crippen molar-refractivity contribution in [1.29, 1.82) is 5.26 Å². The fourth-order valence-electron chi connectivity index (χ4n) is 3.40. The number of nitriles is 1. The van der Waals surface area contributed by atoms with Gasteiger partial charge in [0.2, 0.25) is 0 Å². The quantitative estimate of drug-likeness (QED) is 0.920. The molecule has 2 aromatic carbocycles. The first-order valence-electron chi connectivity index (χ1n) is 8.41. The zero-order valence-corrected chi connectivity index (χ0v) is 13.8. The number of benzene rings is 2. The van der Waals surface area contributed by atoms with E-state index in [0.29, 0.717) is 17.7 Å². The van der Waals surface area contributed by atoms with E-state index >= 15 is 0 Å². The Kier molecular flexibility index (Phi) is 5.42. The van der Waals surface area contributed by atoms with Gasteiger partial charge in [-0.05, 0) is 73.3 Å². The highest BCUT2D eigenvalue weighted by molar-refractivity contribution is 5.37. The number of piperidine rings is 1. The molecule has 3 nitrogen and oxygen atoms in total. The molecule has 25 heavy (non-hydrogen) atoms. The first-order valence-corrected chi connectivity index (χ1v) is 8.41. The Labute approximate surface area is 146 Å². The number of rotatable bonds is 4. The van der Waals surface area contributed by atoms with Crippen LogP contribution in [0.3, 0.4) is 0 Å². The third-order valence-electron chi connectivity index (χ3n) is 4.87. The number of hydrogen-bond acceptors (Lipinski definition) is 3. The zero-order valence-electron chi connectivity index (χ0n) is 13.8. The Hall–Kier alpha value is -2.29. The molecule has 130 valence electrons. The molecule has 0 radical (unpaired) electrons. The van der Waals surface area contributed by atoms with Gasteiger partial charge >= 0.3 is 0 Å². The van der Waals surface area contributed by atoms with Crippen LogP contribution in [0.15, 0.2) is 42.5 Å². The van der Waals surface area contributed by atoms with Gasteiger partial charge in [-0.1, -0.05) is 12.1 Å². The van der Waals surface area contributed by atoms with E-state index in [9.17, 15) is 13.9 Å². The van der Waals surface area contributed by atoms with Crippen LogP contribution < -0.4 is 0 Å². The molecule has 1 N–H and O–H groups in total. The van der Waals surface area contributed by atoms with Gasteiger partial charge in [0.25, 0.3) is 0 Å². The summed E-state index contributed by atoms with van der Waals surface area (Å²) in [6, 6.07) is 12.3. The van der Waals surface area contributed by atoms with Crippen molar-refractivity contribution >= 4 is 0 Å². The van der Waals surface area contributed by atoms with Crippen LogP contribution in [0.1, 0.15) is 35.6 Å². The lowest BCUT2D eigenvalue weighted by Crippen LogP contribution is -2.35. The second-order valence-corrected chi connectivity index (χ2v) is 6.52. The number of halogens is 2. The Morgan fingerprint density at radius 2 is 1.72 bits per heavy atom. The molecule has 1 aliphatic rings. The van der Waals surface area contributed by atoms with Gasteiger partial charge < -0.3 is 5.11 Å². The van der Waals surface area contributed by atoms with Crippen molar-refractivity contribution in [3.8, 4) is 6.07 Å². The highest BCUT2D eigenvalue weighted by Gasteiger charge is 2.26. The molecule has 5 heteroatoms. The van der Waals surface area contributed by atoms with Gasteiger partial charge in [0, 0.05) is 6.54 Å². The minimum atomic E-state index is -0.605. The van der Waals surface area contributed by atoms with Crippen LogP contribution >= 0.6 is 0 Å². The molecule has 0 saturated carbocycles. The molecule has 3 rings (SSSR count). The fourth-order valence-corrected chi connectivity index (χ4v) is 3.40. The highest BCUT2D eigenvalue weighted by Crippen LogP contribution is 2.31. The van der Waals surface area contributed by atoms with Gasteiger partial charge in [-0.3, -0.25) is 4.90 Å². The van der Waals surface area contributed by atoms with E-state index in [1.54, 1.807) is 12.1 Å². The van der Waals surface area contributed by atoms with E-state index in [4.69, 9.17) is 5.26 Å². The van der Waals surface area contributed by atoms with Crippen molar-refractivity contribution in [3.05, 3.63) is 70.8 Å². The lowest BCUT2D eigenvalue weighted by Gasteiger charge is -2.34. The average molecular weight is 342 g/mol. The van der Waals surface area contributed by atoms with Gasteiger partial charge in [0.05, 0.1) is 17.7 Å². The molecule has 1 aliphatic heterocycles. The molecule has 1 fully saturated rings. The van der Waals surface area contributed by atoms with Crippen LogP contribution in [-0.4, -0.2) is 23.1 Å². The highest BCUT2D eigenvalue weighted by atomic mass is 19.1. The fraction of sp³-hybridized carbons (Fsp3) is 0.350. The number of hydrogen-bond donors (Lipinski definition) is 1. The Morgan fingerprint density at radius 3 is 2.36 bits per heavy atom. The molecule has 0 amide bonds. The van der Waals surface area contributed by atoms with Crippen molar-refractivity contribution < 1.29 is 13.9 Å². The summed E-state index contributed by atoms with van der Waals surface area (Å²) in [5, 5.41) is 19.6. The number of aliphatic hydroxyl groups excluding tert-OH is 1. The summed E-state index contributed by atoms with van der Waals surface area (Å²) in [5.41, 5.74) is 1.92. The maximum absolute atomic E-state index is 13.4. The molecule has 1 atom stereocenters. The largest absolute Gasteiger partial charge is 0.388 e. The molecule has 0 bridgehead atoms. The van der Waals surface area contributed by atoms with Crippen molar-refractivity contribution in [3.63, 3.8) is 0 Å². The van der Waals surface area contributed by atoms with E-state index in [0.717, 1.165) is 31.5 Å². The summed E-state index contributed by atoms with van der Waals surface area (Å²) in [6.07, 6.45) is 0.998. The molecule has 0 aromatic heterocycles. The van der Waals surface area contributed by atoms with Crippen LogP contribution in [-0.2, 0) is 6.54 Å². The molecule has 0 aliphatic carbocycles. The molecule has 1 unspecified atom stereocenters. The third kappa shape index (κ3) is 4.22. The van der Waals surface area contributed by atoms with E-state index in [1.807, 2.05) is 0 Å². The SMILES string of the molecule is N#Cc1ccc(F)cc1CN1CCC(C(O)c2ccc(F)cc2)CC1. The standard InChI is InChI=1S/C20H20F2N2O/c21-18-4-1-14(2-5-18)20(25)15-7-9-24(10-8-15)13-17-11-19(22)6-3-16(17)12-23/h1-6,11,15,20,25H,7-10,13H2. The van der Waals surface area contributed by atoms with Crippen molar-refractivity contribution in [1.82, 2.24) is 4.90 Å². The molecule has 2 aromatic rings. The monoisotopic (exact) mass is 342 g/mol. The Morgan fingerprint density at radius 1 is 1.08 bits per heavy atom. The van der Waals surface area contributed by atoms with Gasteiger partial charge in [-0.25, -0.2) is 8.78 Å². The van der Waals surface area contributed by atoms with Gasteiger partial charge in [-0.2, -0.15) is 5.26 Å². The zero-order chi connectivity index (χ0) is 17.8. The number of likely N-dealkylation sites (tertiary alicyclic amines) is 1. The second kappa shape index (κ2) is 7.73. The van der Waals surface area contributed by atoms with Gasteiger partial charge in [-0.15, -0.1) is 0 Å². The molecular formula is C20H20F2N2O. The molecule has 1 saturated heterocycles. The van der Waals surface area contributed by atoms with Crippen LogP contribution in [0.4, 0.5) is 8.78 Å². The summed E-state index contributed by atoms with van der Waals surface area (Å²) in [6.45, 7) is 2.06. The molecule has 1 heterocycles. The second-order valence-electron chi connectivity index (χ2n) is 6.52. The van der Waals surface area contributed by atoms with E-state index < -0.39 is 6.10 Å². The van der Waals surface area contributed by atoms with Crippen LogP contribution in [0.25, 0.3) is 0 Å². The predicted octanol–water partition coefficient (Wildman–Crippen LogP) is 3.78. The number of nitrogens with zero attached hydrogens (tertiary/aromatic N) is 2. The lowest BCUT2D eigenvalue weighted by molar-refractivity contribution is 0.0567. The summed E-state index contributed by atoms with van der Waals surface area (Å²) in [5.74, 6) is -0.533. The van der Waals surface area contributed by atoms with Crippen LogP contribution in [0.2, 0.25) is 0 Å². The van der Waals surface area contributed by atoms with Gasteiger partial charge in [0.1, 0.15) is 11.6 Å². The number of aliphatic hydroxyl groups is 1. The average Bonchev–Trinajstić information content (AvgIpc) is 2.63. The molecule has 0 spiro atoms. The van der Waals surface area contributed by atoms with Crippen molar-refractivity contribution in [2.24, 2.45) is 5.92 Å². The summed E-state index contributed by atoms with van der Waals surface area (Å²) in [7, 11) is 0.